The summed E-state index contributed by atoms with van der Waals surface area (Å²) in [5.41, 5.74) is 14.5. The topological polar surface area (TPSA) is 414 Å². The van der Waals surface area contributed by atoms with Crippen molar-refractivity contribution in [3.05, 3.63) is 85.1 Å². The van der Waals surface area contributed by atoms with Gasteiger partial charge in [0, 0.05) is 37.5 Å². The number of aliphatic hydroxyl groups excluding tert-OH is 9. The number of allylic oxidation sites excluding steroid dienone is 12. The Morgan fingerprint density at radius 1 is 0.658 bits per heavy atom. The summed E-state index contributed by atoms with van der Waals surface area (Å²) in [5.74, 6) is -4.44. The van der Waals surface area contributed by atoms with Crippen molar-refractivity contribution in [2.75, 3.05) is 0 Å². The lowest BCUT2D eigenvalue weighted by Crippen LogP contribution is -2.65. The second-order valence-corrected chi connectivity index (χ2v) is 18.8. The second-order valence-electron chi connectivity index (χ2n) is 18.8. The normalized spacial score (nSPS) is 41.5. The van der Waals surface area contributed by atoms with E-state index in [2.05, 4.69) is 10.6 Å². The number of guanidine groups is 1. The predicted octanol–water partition coefficient (Wildman–Crippen LogP) is -1.21. The molecule has 3 aliphatic heterocycles. The Kier molecular flexibility index (Phi) is 26.4. The first-order chi connectivity index (χ1) is 34.4. The quantitative estimate of drug-likeness (QED) is 0.0679. The average molecular weight is 1040 g/mol. The first-order valence-corrected chi connectivity index (χ1v) is 24.3. The molecule has 0 unspecified atom stereocenters. The van der Waals surface area contributed by atoms with Crippen LogP contribution in [-0.4, -0.2) is 179 Å². The summed E-state index contributed by atoms with van der Waals surface area (Å²) in [5, 5.41) is 123. The van der Waals surface area contributed by atoms with Gasteiger partial charge in [-0.2, -0.15) is 0 Å². The number of hydrogen-bond acceptors (Lipinski definition) is 18. The van der Waals surface area contributed by atoms with Crippen molar-refractivity contribution >= 4 is 24.0 Å². The van der Waals surface area contributed by atoms with Crippen molar-refractivity contribution in [1.29, 1.82) is 5.41 Å². The van der Waals surface area contributed by atoms with E-state index >= 15 is 0 Å². The Morgan fingerprint density at radius 3 is 1.84 bits per heavy atom. The van der Waals surface area contributed by atoms with E-state index in [-0.39, 0.29) is 31.6 Å². The third-order valence-corrected chi connectivity index (χ3v) is 12.6. The van der Waals surface area contributed by atoms with E-state index < -0.39 is 159 Å². The number of cyclic esters (lactones) is 1. The van der Waals surface area contributed by atoms with Gasteiger partial charge in [-0.1, -0.05) is 98.9 Å². The summed E-state index contributed by atoms with van der Waals surface area (Å²) >= 11 is 0. The van der Waals surface area contributed by atoms with Crippen molar-refractivity contribution in [2.24, 2.45) is 23.3 Å². The SMILES string of the molecule is C[C@@H]1[C@H](O)[C@@H](C)/C=C/C=C/C=C/C=C/C=C/C=C/C=C/[C@H](O[C@@H]2O[C@H](C)[C@@H](O)[C@H](NC(=N)N)[C@@H]2O)C[C@@H]2O[C@](O)(C[C@@H](O)C[C@@H](O)[C@H](O)CC[C@@H](O)C[C@@H](O)CC(=O)O[C@H]1C)C[C@H](O)[C@H]2NC(=O)NNC(N)=O. The molecule has 0 spiro atoms. The molecule has 2 bridgehead atoms. The lowest BCUT2D eigenvalue weighted by Gasteiger charge is -2.46. The van der Waals surface area contributed by atoms with Gasteiger partial charge in [0.2, 0.25) is 0 Å². The molecule has 4 amide bonds. The average Bonchev–Trinajstić information content (AvgIpc) is 3.30. The van der Waals surface area contributed by atoms with Crippen LogP contribution >= 0.6 is 0 Å². The highest BCUT2D eigenvalue weighted by molar-refractivity contribution is 5.79. The summed E-state index contributed by atoms with van der Waals surface area (Å²) in [6.07, 6.45) is 2.49. The zero-order valence-corrected chi connectivity index (χ0v) is 41.6. The van der Waals surface area contributed by atoms with E-state index in [9.17, 15) is 65.4 Å². The lowest BCUT2D eigenvalue weighted by molar-refractivity contribution is -0.303. The van der Waals surface area contributed by atoms with Crippen LogP contribution in [0.15, 0.2) is 85.1 Å². The third kappa shape index (κ3) is 22.1. The molecule has 3 aliphatic rings. The number of nitrogens with one attached hydrogen (secondary N) is 5. The fourth-order valence-electron chi connectivity index (χ4n) is 8.46. The maximum atomic E-state index is 12.9. The number of nitrogens with two attached hydrogens (primary N) is 2. The molecule has 0 aromatic rings. The van der Waals surface area contributed by atoms with Crippen molar-refractivity contribution in [1.82, 2.24) is 21.5 Å². The molecular formula is C49H79N7O17. The number of primary amides is 1. The minimum Gasteiger partial charge on any atom is -0.462 e. The number of carbonyl (C=O) groups is 3. The molecule has 0 saturated carbocycles. The highest BCUT2D eigenvalue weighted by Gasteiger charge is 2.49. The van der Waals surface area contributed by atoms with Gasteiger partial charge in [-0.05, 0) is 33.1 Å². The van der Waals surface area contributed by atoms with Gasteiger partial charge in [0.25, 0.3) is 0 Å². The van der Waals surface area contributed by atoms with E-state index in [1.807, 2.05) is 23.9 Å². The van der Waals surface area contributed by atoms with Gasteiger partial charge in [0.1, 0.15) is 18.3 Å². The minimum absolute atomic E-state index is 0.133. The van der Waals surface area contributed by atoms with Gasteiger partial charge < -0.3 is 92.1 Å². The van der Waals surface area contributed by atoms with Crippen LogP contribution in [0.2, 0.25) is 0 Å². The van der Waals surface area contributed by atoms with Gasteiger partial charge in [-0.3, -0.25) is 10.2 Å². The third-order valence-electron chi connectivity index (χ3n) is 12.6. The summed E-state index contributed by atoms with van der Waals surface area (Å²) in [4.78, 5) is 36.9. The van der Waals surface area contributed by atoms with Gasteiger partial charge in [0.15, 0.2) is 18.0 Å². The smallest absolute Gasteiger partial charge is 0.333 e. The molecule has 2 fully saturated rings. The molecule has 73 heavy (non-hydrogen) atoms. The summed E-state index contributed by atoms with van der Waals surface area (Å²) in [7, 11) is 0. The molecule has 0 aliphatic carbocycles. The van der Waals surface area contributed by atoms with E-state index in [0.717, 1.165) is 0 Å². The van der Waals surface area contributed by atoms with E-state index in [4.69, 9.17) is 35.8 Å². The Hall–Kier alpha value is -5.06. The molecular weight excluding hydrogens is 959 g/mol. The molecule has 2 saturated heterocycles. The Labute approximate surface area is 425 Å². The highest BCUT2D eigenvalue weighted by atomic mass is 16.7. The molecule has 0 aromatic heterocycles. The summed E-state index contributed by atoms with van der Waals surface area (Å²) < 4.78 is 23.7. The van der Waals surface area contributed by atoms with Crippen LogP contribution < -0.4 is 33.0 Å². The van der Waals surface area contributed by atoms with Gasteiger partial charge >= 0.3 is 18.0 Å². The first-order valence-electron chi connectivity index (χ1n) is 24.3. The fourth-order valence-corrected chi connectivity index (χ4v) is 8.46. The van der Waals surface area contributed by atoms with Crippen LogP contribution in [-0.2, 0) is 23.7 Å². The van der Waals surface area contributed by atoms with Gasteiger partial charge in [-0.25, -0.2) is 20.4 Å². The number of carbonyl (C=O) groups excluding carboxylic acids is 3. The van der Waals surface area contributed by atoms with Crippen LogP contribution in [0.4, 0.5) is 9.59 Å². The molecule has 3 heterocycles. The standard InChI is InChI=1S/C49H79N7O17/c1-27-17-15-13-11-9-7-5-6-8-10-12-14-16-18-34(72-45-44(66)41(53-46(50)51)43(65)30(4)71-45)24-38-40(54-48(68)56-55-47(52)67)37(62)26-49(69,73-38)25-33(59)22-36(61)35(60)20-19-31(57)21-32(58)23-39(63)70-29(3)28(2)42(27)64/h5-18,27-38,40-45,57-62,64-66,69H,19-26H2,1-4H3,(H4,50,51,53)(H3,52,55,67)(H2,54,56,68)/b6-5+,9-7+,10-8+,13-11+,14-12+,17-15+,18-16+/t27-,28-,29-,30+,31+,32+,33-,34-,35+,36+,37-,38-,40+,41-,42+,43+,44-,45-,49+/m0/s1. The number of hydrazine groups is 1. The Morgan fingerprint density at radius 2 is 1.25 bits per heavy atom. The molecule has 0 radical (unpaired) electrons. The molecule has 24 heteroatoms. The number of hydrogen-bond donors (Lipinski definition) is 17. The van der Waals surface area contributed by atoms with E-state index in [0.29, 0.717) is 0 Å². The van der Waals surface area contributed by atoms with Crippen molar-refractivity contribution in [3.8, 4) is 0 Å². The monoisotopic (exact) mass is 1040 g/mol. The fraction of sp³-hybridized carbons (Fsp3) is 0.633. The number of fused-ring (bicyclic) bond motifs is 2. The zero-order chi connectivity index (χ0) is 54.4. The maximum Gasteiger partial charge on any atom is 0.333 e. The number of esters is 1. The molecule has 19 N–H and O–H groups in total. The summed E-state index contributed by atoms with van der Waals surface area (Å²) in [6.45, 7) is 6.68. The summed E-state index contributed by atoms with van der Waals surface area (Å²) in [6, 6.07) is -4.77. The lowest BCUT2D eigenvalue weighted by atomic mass is 9.87. The molecule has 0 aromatic carbocycles. The van der Waals surface area contributed by atoms with Crippen LogP contribution in [0.3, 0.4) is 0 Å². The van der Waals surface area contributed by atoms with E-state index in [1.54, 1.807) is 86.8 Å². The maximum absolute atomic E-state index is 12.9. The second kappa shape index (κ2) is 31.0. The largest absolute Gasteiger partial charge is 0.462 e. The molecule has 19 atom stereocenters. The predicted molar refractivity (Wildman–Crippen MR) is 265 cm³/mol. The zero-order valence-electron chi connectivity index (χ0n) is 41.6. The number of rotatable bonds is 4. The first kappa shape index (κ1) is 62.2. The Balaban J connectivity index is 1.96. The van der Waals surface area contributed by atoms with Crippen LogP contribution in [0.5, 0.6) is 0 Å². The van der Waals surface area contributed by atoms with Crippen LogP contribution in [0.1, 0.15) is 79.1 Å². The van der Waals surface area contributed by atoms with Crippen molar-refractivity contribution in [3.63, 3.8) is 0 Å². The van der Waals surface area contributed by atoms with Gasteiger partial charge in [0.05, 0.1) is 79.5 Å². The number of urea groups is 2. The van der Waals surface area contributed by atoms with Crippen LogP contribution in [0.25, 0.3) is 0 Å². The van der Waals surface area contributed by atoms with Crippen molar-refractivity contribution in [2.45, 2.75) is 183 Å². The highest BCUT2D eigenvalue weighted by Crippen LogP contribution is 2.35. The number of amides is 4. The van der Waals surface area contributed by atoms with Crippen LogP contribution in [0, 0.1) is 17.2 Å². The number of ether oxygens (including phenoxy) is 4. The molecule has 412 valence electrons. The van der Waals surface area contributed by atoms with Gasteiger partial charge in [-0.15, -0.1) is 0 Å². The molecule has 3 rings (SSSR count). The molecule has 24 nitrogen and oxygen atoms in total. The minimum atomic E-state index is -2.36. The number of aliphatic hydroxyl groups is 10. The van der Waals surface area contributed by atoms with E-state index in [1.165, 1.54) is 13.0 Å². The van der Waals surface area contributed by atoms with Crippen molar-refractivity contribution < 1.29 is 84.4 Å². The Bertz CT molecular complexity index is 1950.